The molecule has 0 aliphatic carbocycles. The van der Waals surface area contributed by atoms with Crippen LogP contribution in [0.1, 0.15) is 4.88 Å². The Morgan fingerprint density at radius 3 is 3.00 bits per heavy atom. The molecule has 90 valence electrons. The predicted octanol–water partition coefficient (Wildman–Crippen LogP) is 2.34. The summed E-state index contributed by atoms with van der Waals surface area (Å²) < 4.78 is 14.4. The first-order chi connectivity index (χ1) is 8.19. The van der Waals surface area contributed by atoms with Crippen molar-refractivity contribution in [3.8, 4) is 0 Å². The van der Waals surface area contributed by atoms with E-state index in [0.717, 1.165) is 15.5 Å². The fraction of sp³-hybridized carbons (Fsp3) is 0.111. The van der Waals surface area contributed by atoms with Gasteiger partial charge in [-0.05, 0) is 22.0 Å². The fourth-order valence-electron chi connectivity index (χ4n) is 1.18. The summed E-state index contributed by atoms with van der Waals surface area (Å²) in [6.45, 7) is 0.494. The van der Waals surface area contributed by atoms with E-state index in [-0.39, 0.29) is 11.8 Å². The maximum Gasteiger partial charge on any atom is 0.239 e. The quantitative estimate of drug-likeness (QED) is 0.596. The molecule has 0 aliphatic heterocycles. The molecule has 2 rings (SSSR count). The van der Waals surface area contributed by atoms with Gasteiger partial charge in [-0.3, -0.25) is 5.43 Å². The van der Waals surface area contributed by atoms with Gasteiger partial charge in [0, 0.05) is 14.7 Å². The van der Waals surface area contributed by atoms with Crippen molar-refractivity contribution >= 4 is 39.0 Å². The largest absolute Gasteiger partial charge is 0.363 e. The highest BCUT2D eigenvalue weighted by Gasteiger charge is 2.06. The third-order valence-electron chi connectivity index (χ3n) is 1.93. The van der Waals surface area contributed by atoms with Crippen molar-refractivity contribution in [2.45, 2.75) is 6.54 Å². The van der Waals surface area contributed by atoms with Crippen LogP contribution in [0.5, 0.6) is 0 Å². The van der Waals surface area contributed by atoms with Gasteiger partial charge in [0.2, 0.25) is 5.95 Å². The fourth-order valence-corrected chi connectivity index (χ4v) is 2.57. The van der Waals surface area contributed by atoms with E-state index in [0.29, 0.717) is 6.54 Å². The van der Waals surface area contributed by atoms with Gasteiger partial charge in [-0.25, -0.2) is 15.2 Å². The number of nitrogen functional groups attached to an aromatic ring is 1. The van der Waals surface area contributed by atoms with Crippen LogP contribution < -0.4 is 16.6 Å². The molecular formula is C9H9BrFN5S. The molecule has 0 fully saturated rings. The molecule has 0 unspecified atom stereocenters. The zero-order valence-electron chi connectivity index (χ0n) is 8.58. The summed E-state index contributed by atoms with van der Waals surface area (Å²) in [7, 11) is 0. The average Bonchev–Trinajstić information content (AvgIpc) is 2.74. The molecule has 2 aromatic heterocycles. The third kappa shape index (κ3) is 3.11. The monoisotopic (exact) mass is 317 g/mol. The van der Waals surface area contributed by atoms with Crippen LogP contribution in [0.3, 0.4) is 0 Å². The standard InChI is InChI=1S/C9H9BrFN5S/c10-5-1-6(17-4-5)2-13-8-7(11)3-14-9(15-8)16-12/h1,3-4H,2,12H2,(H2,13,14,15,16). The van der Waals surface area contributed by atoms with Crippen LogP contribution in [-0.2, 0) is 6.54 Å². The van der Waals surface area contributed by atoms with Gasteiger partial charge in [-0.15, -0.1) is 11.3 Å². The lowest BCUT2D eigenvalue weighted by molar-refractivity contribution is 0.617. The highest BCUT2D eigenvalue weighted by Crippen LogP contribution is 2.21. The van der Waals surface area contributed by atoms with E-state index in [1.54, 1.807) is 11.3 Å². The number of nitrogens with two attached hydrogens (primary N) is 1. The van der Waals surface area contributed by atoms with Gasteiger partial charge in [0.15, 0.2) is 11.6 Å². The second kappa shape index (κ2) is 5.39. The van der Waals surface area contributed by atoms with Crippen LogP contribution >= 0.6 is 27.3 Å². The van der Waals surface area contributed by atoms with Gasteiger partial charge in [-0.1, -0.05) is 0 Å². The summed E-state index contributed by atoms with van der Waals surface area (Å²) in [5, 5.41) is 4.84. The van der Waals surface area contributed by atoms with Crippen LogP contribution in [0, 0.1) is 5.82 Å². The van der Waals surface area contributed by atoms with Crippen LogP contribution in [-0.4, -0.2) is 9.97 Å². The number of nitrogens with one attached hydrogen (secondary N) is 2. The van der Waals surface area contributed by atoms with Gasteiger partial charge < -0.3 is 5.32 Å². The van der Waals surface area contributed by atoms with Crippen molar-refractivity contribution in [1.29, 1.82) is 0 Å². The number of halogens is 2. The van der Waals surface area contributed by atoms with E-state index in [1.807, 2.05) is 11.4 Å². The lowest BCUT2D eigenvalue weighted by atomic mass is 10.4. The molecule has 2 aromatic rings. The normalized spacial score (nSPS) is 10.3. The van der Waals surface area contributed by atoms with E-state index in [9.17, 15) is 4.39 Å². The Labute approximate surface area is 109 Å². The van der Waals surface area contributed by atoms with Crippen molar-refractivity contribution in [3.05, 3.63) is 32.8 Å². The average molecular weight is 318 g/mol. The van der Waals surface area contributed by atoms with Crippen molar-refractivity contribution in [3.63, 3.8) is 0 Å². The molecule has 0 saturated heterocycles. The van der Waals surface area contributed by atoms with Crippen molar-refractivity contribution in [1.82, 2.24) is 9.97 Å². The van der Waals surface area contributed by atoms with Gasteiger partial charge >= 0.3 is 0 Å². The zero-order valence-corrected chi connectivity index (χ0v) is 11.0. The second-order valence-electron chi connectivity index (χ2n) is 3.12. The Bertz CT molecular complexity index is 518. The number of anilines is 2. The predicted molar refractivity (Wildman–Crippen MR) is 69.1 cm³/mol. The third-order valence-corrected chi connectivity index (χ3v) is 3.62. The lowest BCUT2D eigenvalue weighted by Crippen LogP contribution is -2.12. The number of hydrogen-bond donors (Lipinski definition) is 3. The van der Waals surface area contributed by atoms with Crippen LogP contribution in [0.15, 0.2) is 22.1 Å². The number of rotatable bonds is 4. The van der Waals surface area contributed by atoms with Crippen molar-refractivity contribution in [2.75, 3.05) is 10.7 Å². The Morgan fingerprint density at radius 2 is 2.35 bits per heavy atom. The number of hydrogen-bond acceptors (Lipinski definition) is 6. The smallest absolute Gasteiger partial charge is 0.239 e. The van der Waals surface area contributed by atoms with Gasteiger partial charge in [0.1, 0.15) is 0 Å². The van der Waals surface area contributed by atoms with Crippen LogP contribution in [0.4, 0.5) is 16.2 Å². The summed E-state index contributed by atoms with van der Waals surface area (Å²) in [6, 6.07) is 1.96. The molecule has 0 bridgehead atoms. The molecule has 2 heterocycles. The van der Waals surface area contributed by atoms with E-state index >= 15 is 0 Å². The zero-order chi connectivity index (χ0) is 12.3. The van der Waals surface area contributed by atoms with Crippen LogP contribution in [0.2, 0.25) is 0 Å². The Balaban J connectivity index is 2.07. The topological polar surface area (TPSA) is 75.9 Å². The summed E-state index contributed by atoms with van der Waals surface area (Å²) in [6.07, 6.45) is 1.06. The van der Waals surface area contributed by atoms with Gasteiger partial charge in [0.05, 0.1) is 12.7 Å². The molecule has 0 radical (unpaired) electrons. The van der Waals surface area contributed by atoms with Crippen molar-refractivity contribution in [2.24, 2.45) is 5.84 Å². The summed E-state index contributed by atoms with van der Waals surface area (Å²) in [4.78, 5) is 8.59. The number of hydrazine groups is 1. The Hall–Kier alpha value is -1.25. The van der Waals surface area contributed by atoms with Gasteiger partial charge in [-0.2, -0.15) is 4.98 Å². The molecular weight excluding hydrogens is 309 g/mol. The minimum atomic E-state index is -0.514. The Morgan fingerprint density at radius 1 is 1.53 bits per heavy atom. The maximum absolute atomic E-state index is 13.4. The number of aromatic nitrogens is 2. The first-order valence-corrected chi connectivity index (χ1v) is 6.32. The summed E-state index contributed by atoms with van der Waals surface area (Å²) in [5.74, 6) is 4.93. The van der Waals surface area contributed by atoms with E-state index < -0.39 is 5.82 Å². The molecule has 5 nitrogen and oxygen atoms in total. The molecule has 0 atom stereocenters. The SMILES string of the molecule is NNc1ncc(F)c(NCc2cc(Br)cs2)n1. The van der Waals surface area contributed by atoms with E-state index in [4.69, 9.17) is 5.84 Å². The minimum Gasteiger partial charge on any atom is -0.363 e. The molecule has 4 N–H and O–H groups in total. The van der Waals surface area contributed by atoms with Crippen molar-refractivity contribution < 1.29 is 4.39 Å². The molecule has 17 heavy (non-hydrogen) atoms. The second-order valence-corrected chi connectivity index (χ2v) is 5.03. The summed E-state index contributed by atoms with van der Waals surface area (Å²) in [5.41, 5.74) is 2.26. The molecule has 0 spiro atoms. The maximum atomic E-state index is 13.4. The molecule has 0 aliphatic rings. The van der Waals surface area contributed by atoms with Crippen LogP contribution in [0.25, 0.3) is 0 Å². The molecule has 8 heteroatoms. The Kier molecular flexibility index (Phi) is 3.87. The first-order valence-electron chi connectivity index (χ1n) is 4.65. The first kappa shape index (κ1) is 12.2. The lowest BCUT2D eigenvalue weighted by Gasteiger charge is -2.06. The van der Waals surface area contributed by atoms with E-state index in [2.05, 4.69) is 36.6 Å². The minimum absolute atomic E-state index is 0.123. The molecule has 0 aromatic carbocycles. The molecule has 0 saturated carbocycles. The molecule has 0 amide bonds. The highest BCUT2D eigenvalue weighted by molar-refractivity contribution is 9.10. The van der Waals surface area contributed by atoms with E-state index in [1.165, 1.54) is 0 Å². The highest BCUT2D eigenvalue weighted by atomic mass is 79.9. The number of thiophene rings is 1. The summed E-state index contributed by atoms with van der Waals surface area (Å²) >= 11 is 4.92. The number of nitrogens with zero attached hydrogens (tertiary/aromatic N) is 2. The van der Waals surface area contributed by atoms with Gasteiger partial charge in [0.25, 0.3) is 0 Å².